The maximum Gasteiger partial charge on any atom is 0.338 e. The Morgan fingerprint density at radius 3 is 2.38 bits per heavy atom. The molecule has 0 N–H and O–H groups in total. The number of benzene rings is 2. The second kappa shape index (κ2) is 10.7. The number of hydrogen-bond acceptors (Lipinski definition) is 5. The Balaban J connectivity index is 1.41. The Morgan fingerprint density at radius 2 is 1.71 bits per heavy atom. The van der Waals surface area contributed by atoms with Crippen molar-refractivity contribution in [3.8, 4) is 0 Å². The molecule has 2 saturated heterocycles. The average Bonchev–Trinajstić information content (AvgIpc) is 3.06. The van der Waals surface area contributed by atoms with Gasteiger partial charge in [-0.1, -0.05) is 63.2 Å². The smallest absolute Gasteiger partial charge is 0.338 e. The number of esters is 2. The van der Waals surface area contributed by atoms with E-state index in [0.717, 1.165) is 24.8 Å². The zero-order valence-electron chi connectivity index (χ0n) is 20.8. The van der Waals surface area contributed by atoms with E-state index in [2.05, 4.69) is 57.0 Å². The van der Waals surface area contributed by atoms with Crippen LogP contribution in [0.3, 0.4) is 0 Å². The molecule has 5 heteroatoms. The average molecular weight is 464 g/mol. The molecule has 34 heavy (non-hydrogen) atoms. The second-order valence-electron chi connectivity index (χ2n) is 10.4. The summed E-state index contributed by atoms with van der Waals surface area (Å²) in [6.45, 7) is 6.83. The number of piperidine rings is 1. The van der Waals surface area contributed by atoms with E-state index in [9.17, 15) is 9.59 Å². The molecule has 1 unspecified atom stereocenters. The first kappa shape index (κ1) is 24.5. The summed E-state index contributed by atoms with van der Waals surface area (Å²) in [5.74, 6) is -0.373. The summed E-state index contributed by atoms with van der Waals surface area (Å²) in [6.07, 6.45) is 3.21. The summed E-state index contributed by atoms with van der Waals surface area (Å²) in [4.78, 5) is 28.4. The zero-order chi connectivity index (χ0) is 24.2. The molecule has 5 nitrogen and oxygen atoms in total. The monoisotopic (exact) mass is 463 g/mol. The van der Waals surface area contributed by atoms with Crippen molar-refractivity contribution in [3.05, 3.63) is 71.3 Å². The van der Waals surface area contributed by atoms with E-state index in [1.54, 1.807) is 12.1 Å². The molecular formula is C29H37NO4. The van der Waals surface area contributed by atoms with Crippen LogP contribution in [0.5, 0.6) is 0 Å². The van der Waals surface area contributed by atoms with Crippen molar-refractivity contribution in [1.29, 1.82) is 0 Å². The molecule has 0 saturated carbocycles. The van der Waals surface area contributed by atoms with Gasteiger partial charge >= 0.3 is 11.9 Å². The second-order valence-corrected chi connectivity index (χ2v) is 10.4. The van der Waals surface area contributed by atoms with E-state index in [1.165, 1.54) is 5.56 Å². The third kappa shape index (κ3) is 5.52. The fraction of sp³-hybridized carbons (Fsp3) is 0.517. The summed E-state index contributed by atoms with van der Waals surface area (Å²) in [6, 6.07) is 18.0. The predicted octanol–water partition coefficient (Wildman–Crippen LogP) is 5.24. The van der Waals surface area contributed by atoms with Gasteiger partial charge in [0.25, 0.3) is 0 Å². The van der Waals surface area contributed by atoms with Gasteiger partial charge in [0.1, 0.15) is 12.0 Å². The zero-order valence-corrected chi connectivity index (χ0v) is 20.8. The lowest BCUT2D eigenvalue weighted by molar-refractivity contribution is -0.159. The number of carbonyl (C=O) groups is 2. The highest BCUT2D eigenvalue weighted by Gasteiger charge is 2.51. The molecule has 2 aromatic rings. The number of nitrogens with zero attached hydrogens (tertiary/aromatic N) is 1. The van der Waals surface area contributed by atoms with E-state index in [0.29, 0.717) is 30.6 Å². The van der Waals surface area contributed by atoms with Crippen LogP contribution in [0.4, 0.5) is 0 Å². The Kier molecular flexibility index (Phi) is 7.72. The van der Waals surface area contributed by atoms with Crippen molar-refractivity contribution >= 4 is 11.9 Å². The van der Waals surface area contributed by atoms with E-state index in [4.69, 9.17) is 9.47 Å². The molecule has 2 aliphatic rings. The predicted molar refractivity (Wildman–Crippen MR) is 133 cm³/mol. The Hall–Kier alpha value is -2.66. The maximum atomic E-state index is 13.3. The number of carbonyl (C=O) groups excluding carboxylic acids is 2. The molecule has 2 bridgehead atoms. The maximum absolute atomic E-state index is 13.3. The van der Waals surface area contributed by atoms with Crippen LogP contribution < -0.4 is 0 Å². The molecule has 4 rings (SSSR count). The molecule has 2 heterocycles. The van der Waals surface area contributed by atoms with Gasteiger partial charge in [-0.15, -0.1) is 0 Å². The topological polar surface area (TPSA) is 55.8 Å². The lowest BCUT2D eigenvalue weighted by Crippen LogP contribution is -2.53. The minimum absolute atomic E-state index is 0.0467. The number of rotatable bonds is 8. The number of fused-ring (bicyclic) bond motifs is 2. The summed E-state index contributed by atoms with van der Waals surface area (Å²) < 4.78 is 11.8. The summed E-state index contributed by atoms with van der Waals surface area (Å²) in [5, 5.41) is 0. The van der Waals surface area contributed by atoms with Crippen molar-refractivity contribution in [2.45, 2.75) is 70.6 Å². The van der Waals surface area contributed by atoms with Gasteiger partial charge in [0.15, 0.2) is 0 Å². The van der Waals surface area contributed by atoms with Crippen LogP contribution in [0.15, 0.2) is 54.6 Å². The first-order valence-corrected chi connectivity index (χ1v) is 12.6. The molecule has 0 radical (unpaired) electrons. The van der Waals surface area contributed by atoms with Gasteiger partial charge in [0.05, 0.1) is 12.2 Å². The summed E-state index contributed by atoms with van der Waals surface area (Å²) in [7, 11) is 2.07. The summed E-state index contributed by atoms with van der Waals surface area (Å²) >= 11 is 0. The van der Waals surface area contributed by atoms with E-state index < -0.39 is 12.0 Å². The van der Waals surface area contributed by atoms with Gasteiger partial charge in [-0.2, -0.15) is 0 Å². The van der Waals surface area contributed by atoms with Crippen LogP contribution in [-0.2, 0) is 20.7 Å². The molecule has 2 aliphatic heterocycles. The fourth-order valence-electron chi connectivity index (χ4n) is 5.48. The van der Waals surface area contributed by atoms with Crippen LogP contribution in [0.25, 0.3) is 0 Å². The SMILES string of the molecule is CC(C)Cc1ccc(C(C)COC(=O)[C@H]2[C@@H](OC(=O)c3ccccc3)C[C@H]3CC[C@@H]2N3C)cc1. The van der Waals surface area contributed by atoms with E-state index in [1.807, 2.05) is 18.2 Å². The molecule has 0 aromatic heterocycles. The van der Waals surface area contributed by atoms with Crippen LogP contribution in [0.2, 0.25) is 0 Å². The highest BCUT2D eigenvalue weighted by Crippen LogP contribution is 2.40. The molecule has 2 aromatic carbocycles. The van der Waals surface area contributed by atoms with Crippen molar-refractivity contribution in [2.75, 3.05) is 13.7 Å². The van der Waals surface area contributed by atoms with Gasteiger partial charge < -0.3 is 9.47 Å². The van der Waals surface area contributed by atoms with Crippen LogP contribution >= 0.6 is 0 Å². The minimum Gasteiger partial charge on any atom is -0.465 e. The molecule has 0 spiro atoms. The van der Waals surface area contributed by atoms with Crippen LogP contribution in [-0.4, -0.2) is 48.7 Å². The third-order valence-corrected chi connectivity index (χ3v) is 7.42. The molecule has 2 fully saturated rings. The van der Waals surface area contributed by atoms with Crippen molar-refractivity contribution in [1.82, 2.24) is 4.90 Å². The quantitative estimate of drug-likeness (QED) is 0.501. The fourth-order valence-corrected chi connectivity index (χ4v) is 5.48. The lowest BCUT2D eigenvalue weighted by Gasteiger charge is -2.41. The Morgan fingerprint density at radius 1 is 1.00 bits per heavy atom. The van der Waals surface area contributed by atoms with Crippen LogP contribution in [0.1, 0.15) is 67.4 Å². The number of ether oxygens (including phenoxy) is 2. The van der Waals surface area contributed by atoms with Gasteiger partial charge in [0, 0.05) is 24.4 Å². The van der Waals surface area contributed by atoms with Gasteiger partial charge in [-0.3, -0.25) is 9.69 Å². The number of hydrogen-bond donors (Lipinski definition) is 0. The van der Waals surface area contributed by atoms with Gasteiger partial charge in [0.2, 0.25) is 0 Å². The molecule has 0 aliphatic carbocycles. The molecule has 5 atom stereocenters. The van der Waals surface area contributed by atoms with E-state index in [-0.39, 0.29) is 23.9 Å². The standard InChI is InChI=1S/C29H37NO4/c1-19(2)16-21-10-12-22(13-11-21)20(3)18-33-29(32)27-25-15-14-24(30(25)4)17-26(27)34-28(31)23-8-6-5-7-9-23/h5-13,19-20,24-27H,14-18H2,1-4H3/t20?,24-,25+,26+,27-/m1/s1. The lowest BCUT2D eigenvalue weighted by atomic mass is 9.87. The molecule has 0 amide bonds. The first-order valence-electron chi connectivity index (χ1n) is 12.6. The first-order chi connectivity index (χ1) is 16.3. The summed E-state index contributed by atoms with van der Waals surface area (Å²) in [5.41, 5.74) is 3.00. The van der Waals surface area contributed by atoms with Gasteiger partial charge in [-0.05, 0) is 55.5 Å². The highest BCUT2D eigenvalue weighted by molar-refractivity contribution is 5.89. The van der Waals surface area contributed by atoms with Crippen molar-refractivity contribution in [3.63, 3.8) is 0 Å². The largest absolute Gasteiger partial charge is 0.465 e. The Labute approximate surface area is 203 Å². The molecular weight excluding hydrogens is 426 g/mol. The normalized spacial score (nSPS) is 25.2. The third-order valence-electron chi connectivity index (χ3n) is 7.42. The van der Waals surface area contributed by atoms with Crippen molar-refractivity contribution in [2.24, 2.45) is 11.8 Å². The molecule has 182 valence electrons. The Bertz CT molecular complexity index is 971. The van der Waals surface area contributed by atoms with Gasteiger partial charge in [-0.25, -0.2) is 4.79 Å². The van der Waals surface area contributed by atoms with E-state index >= 15 is 0 Å². The highest BCUT2D eigenvalue weighted by atomic mass is 16.6. The van der Waals surface area contributed by atoms with Crippen molar-refractivity contribution < 1.29 is 19.1 Å². The minimum atomic E-state index is -0.461. The van der Waals surface area contributed by atoms with Crippen LogP contribution in [0, 0.1) is 11.8 Å².